The lowest BCUT2D eigenvalue weighted by Gasteiger charge is -2.16. The van der Waals surface area contributed by atoms with E-state index in [1.54, 1.807) is 11.9 Å². The Bertz CT molecular complexity index is 170. The summed E-state index contributed by atoms with van der Waals surface area (Å²) in [7, 11) is 3.63. The third-order valence-electron chi connectivity index (χ3n) is 1.92. The first-order valence-electron chi connectivity index (χ1n) is 5.26. The lowest BCUT2D eigenvalue weighted by atomic mass is 10.5. The van der Waals surface area contributed by atoms with Crippen molar-refractivity contribution in [3.8, 4) is 0 Å². The number of hydrogen-bond acceptors (Lipinski definition) is 4. The molecule has 0 unspecified atom stereocenters. The number of halogens is 1. The van der Waals surface area contributed by atoms with Gasteiger partial charge < -0.3 is 19.7 Å². The molecular weight excluding hydrogens is 232 g/mol. The number of carbonyl (C=O) groups is 1. The van der Waals surface area contributed by atoms with Gasteiger partial charge in [0, 0.05) is 26.7 Å². The Morgan fingerprint density at radius 1 is 1.31 bits per heavy atom. The van der Waals surface area contributed by atoms with Crippen molar-refractivity contribution in [3.05, 3.63) is 0 Å². The van der Waals surface area contributed by atoms with E-state index in [9.17, 15) is 4.79 Å². The first-order chi connectivity index (χ1) is 7.22. The zero-order chi connectivity index (χ0) is 11.5. The molecule has 0 fully saturated rings. The molecule has 0 bridgehead atoms. The van der Waals surface area contributed by atoms with E-state index in [0.29, 0.717) is 26.4 Å². The highest BCUT2D eigenvalue weighted by Gasteiger charge is 2.07. The second kappa shape index (κ2) is 12.7. The van der Waals surface area contributed by atoms with Gasteiger partial charge in [0.25, 0.3) is 0 Å². The fraction of sp³-hybridized carbons (Fsp3) is 0.900. The van der Waals surface area contributed by atoms with Gasteiger partial charge in [-0.05, 0) is 14.0 Å². The molecule has 0 saturated heterocycles. The molecule has 0 aliphatic carbocycles. The van der Waals surface area contributed by atoms with Gasteiger partial charge in [-0.2, -0.15) is 0 Å². The Labute approximate surface area is 104 Å². The second-order valence-electron chi connectivity index (χ2n) is 3.17. The van der Waals surface area contributed by atoms with Gasteiger partial charge in [0.2, 0.25) is 5.91 Å². The summed E-state index contributed by atoms with van der Waals surface area (Å²) in [4.78, 5) is 13.1. The second-order valence-corrected chi connectivity index (χ2v) is 3.17. The van der Waals surface area contributed by atoms with Crippen molar-refractivity contribution in [2.24, 2.45) is 0 Å². The Morgan fingerprint density at radius 2 is 1.94 bits per heavy atom. The maximum Gasteiger partial charge on any atom is 0.248 e. The summed E-state index contributed by atoms with van der Waals surface area (Å²) in [6.07, 6.45) is 0. The minimum absolute atomic E-state index is 0. The zero-order valence-electron chi connectivity index (χ0n) is 10.3. The third kappa shape index (κ3) is 10.2. The fourth-order valence-corrected chi connectivity index (χ4v) is 0.936. The summed E-state index contributed by atoms with van der Waals surface area (Å²) >= 11 is 0. The van der Waals surface area contributed by atoms with Crippen LogP contribution in [0.5, 0.6) is 0 Å². The van der Waals surface area contributed by atoms with Gasteiger partial charge in [-0.25, -0.2) is 0 Å². The summed E-state index contributed by atoms with van der Waals surface area (Å²) in [5, 5.41) is 2.98. The van der Waals surface area contributed by atoms with Crippen LogP contribution in [0.1, 0.15) is 6.92 Å². The summed E-state index contributed by atoms with van der Waals surface area (Å²) in [6, 6.07) is 0. The van der Waals surface area contributed by atoms with Crippen LogP contribution in [-0.2, 0) is 14.3 Å². The highest BCUT2D eigenvalue weighted by atomic mass is 35.5. The molecule has 98 valence electrons. The molecule has 0 atom stereocenters. The maximum atomic E-state index is 11.4. The molecule has 0 aromatic rings. The Balaban J connectivity index is 0. The molecule has 0 aliphatic heterocycles. The minimum Gasteiger partial charge on any atom is -0.379 e. The molecule has 16 heavy (non-hydrogen) atoms. The lowest BCUT2D eigenvalue weighted by molar-refractivity contribution is -0.135. The average Bonchev–Trinajstić information content (AvgIpc) is 2.25. The van der Waals surface area contributed by atoms with Crippen molar-refractivity contribution in [2.45, 2.75) is 6.92 Å². The molecule has 0 aliphatic rings. The normalized spacial score (nSPS) is 9.69. The van der Waals surface area contributed by atoms with Gasteiger partial charge in [0.1, 0.15) is 6.61 Å². The molecule has 0 heterocycles. The molecule has 1 amide bonds. The van der Waals surface area contributed by atoms with Crippen LogP contribution in [0.2, 0.25) is 0 Å². The molecule has 6 heteroatoms. The number of nitrogens with one attached hydrogen (secondary N) is 1. The summed E-state index contributed by atoms with van der Waals surface area (Å²) in [5.41, 5.74) is 0. The van der Waals surface area contributed by atoms with E-state index in [4.69, 9.17) is 9.47 Å². The highest BCUT2D eigenvalue weighted by Crippen LogP contribution is 1.86. The average molecular weight is 255 g/mol. The molecule has 0 spiro atoms. The lowest BCUT2D eigenvalue weighted by Crippen LogP contribution is -2.35. The van der Waals surface area contributed by atoms with Crippen molar-refractivity contribution < 1.29 is 14.3 Å². The van der Waals surface area contributed by atoms with E-state index in [1.165, 1.54) is 0 Å². The van der Waals surface area contributed by atoms with Crippen molar-refractivity contribution in [3.63, 3.8) is 0 Å². The number of nitrogens with zero attached hydrogens (tertiary/aromatic N) is 1. The molecule has 0 aromatic heterocycles. The van der Waals surface area contributed by atoms with Gasteiger partial charge in [0.15, 0.2) is 0 Å². The quantitative estimate of drug-likeness (QED) is 0.595. The van der Waals surface area contributed by atoms with Crippen LogP contribution in [0.15, 0.2) is 0 Å². The predicted molar refractivity (Wildman–Crippen MR) is 66.1 cm³/mol. The Kier molecular flexibility index (Phi) is 14.3. The number of carbonyl (C=O) groups excluding carboxylic acids is 1. The van der Waals surface area contributed by atoms with Crippen LogP contribution in [0.4, 0.5) is 0 Å². The predicted octanol–water partition coefficient (Wildman–Crippen LogP) is 0.139. The summed E-state index contributed by atoms with van der Waals surface area (Å²) in [6.45, 7) is 5.25. The topological polar surface area (TPSA) is 50.8 Å². The fourth-order valence-electron chi connectivity index (χ4n) is 0.936. The van der Waals surface area contributed by atoms with Crippen LogP contribution in [-0.4, -0.2) is 64.4 Å². The Hall–Kier alpha value is -0.360. The van der Waals surface area contributed by atoms with Gasteiger partial charge in [-0.3, -0.25) is 4.79 Å². The summed E-state index contributed by atoms with van der Waals surface area (Å²) in [5.74, 6) is 0.00162. The van der Waals surface area contributed by atoms with Gasteiger partial charge in [-0.15, -0.1) is 12.4 Å². The molecule has 0 saturated carbocycles. The van der Waals surface area contributed by atoms with Crippen LogP contribution >= 0.6 is 12.4 Å². The van der Waals surface area contributed by atoms with Gasteiger partial charge in [-0.1, -0.05) is 0 Å². The van der Waals surface area contributed by atoms with Crippen molar-refractivity contribution >= 4 is 18.3 Å². The van der Waals surface area contributed by atoms with Crippen molar-refractivity contribution in [1.82, 2.24) is 10.2 Å². The van der Waals surface area contributed by atoms with Crippen LogP contribution in [0.25, 0.3) is 0 Å². The van der Waals surface area contributed by atoms with Gasteiger partial charge >= 0.3 is 0 Å². The monoisotopic (exact) mass is 254 g/mol. The van der Waals surface area contributed by atoms with Crippen LogP contribution in [0, 0.1) is 0 Å². The number of ether oxygens (including phenoxy) is 2. The minimum atomic E-state index is 0. The van der Waals surface area contributed by atoms with E-state index in [-0.39, 0.29) is 24.9 Å². The van der Waals surface area contributed by atoms with E-state index >= 15 is 0 Å². The van der Waals surface area contributed by atoms with E-state index < -0.39 is 0 Å². The number of amides is 1. The highest BCUT2D eigenvalue weighted by molar-refractivity contribution is 5.85. The number of hydrogen-bond donors (Lipinski definition) is 1. The van der Waals surface area contributed by atoms with E-state index in [2.05, 4.69) is 5.32 Å². The van der Waals surface area contributed by atoms with E-state index in [1.807, 2.05) is 14.0 Å². The molecule has 0 radical (unpaired) electrons. The standard InChI is InChI=1S/C10H22N2O3.ClH/c1-4-14-7-8-15-9-10(13)12(3)6-5-11-2;/h11H,4-9H2,1-3H3;1H. The maximum absolute atomic E-state index is 11.4. The molecule has 5 nitrogen and oxygen atoms in total. The van der Waals surface area contributed by atoms with Crippen molar-refractivity contribution in [2.75, 3.05) is 53.6 Å². The molecule has 0 rings (SSSR count). The van der Waals surface area contributed by atoms with Crippen molar-refractivity contribution in [1.29, 1.82) is 0 Å². The Morgan fingerprint density at radius 3 is 2.50 bits per heavy atom. The molecular formula is C10H23ClN2O3. The first kappa shape index (κ1) is 18.0. The summed E-state index contributed by atoms with van der Waals surface area (Å²) < 4.78 is 10.2. The smallest absolute Gasteiger partial charge is 0.248 e. The molecule has 0 aromatic carbocycles. The largest absolute Gasteiger partial charge is 0.379 e. The van der Waals surface area contributed by atoms with Gasteiger partial charge in [0.05, 0.1) is 13.2 Å². The number of rotatable bonds is 9. The van der Waals surface area contributed by atoms with Crippen LogP contribution in [0.3, 0.4) is 0 Å². The first-order valence-corrected chi connectivity index (χ1v) is 5.26. The third-order valence-corrected chi connectivity index (χ3v) is 1.92. The zero-order valence-corrected chi connectivity index (χ0v) is 11.1. The SMILES string of the molecule is CCOCCOCC(=O)N(C)CCNC.Cl. The molecule has 1 N–H and O–H groups in total. The number of likely N-dealkylation sites (N-methyl/N-ethyl adjacent to an activating group) is 2. The van der Waals surface area contributed by atoms with E-state index in [0.717, 1.165) is 6.54 Å². The van der Waals surface area contributed by atoms with Crippen LogP contribution < -0.4 is 5.32 Å².